The van der Waals surface area contributed by atoms with E-state index in [4.69, 9.17) is 0 Å². The molecule has 1 fully saturated rings. The Balaban J connectivity index is 2.18. The minimum Gasteiger partial charge on any atom is -0.308 e. The van der Waals surface area contributed by atoms with Gasteiger partial charge in [-0.15, -0.1) is 0 Å². The third-order valence-electron chi connectivity index (χ3n) is 3.45. The smallest absolute Gasteiger partial charge is 0.0695 e. The molecule has 90 valence electrons. The van der Waals surface area contributed by atoms with Gasteiger partial charge in [0, 0.05) is 7.05 Å². The van der Waals surface area contributed by atoms with Gasteiger partial charge in [-0.2, -0.15) is 5.10 Å². The molecule has 4 heteroatoms. The van der Waals surface area contributed by atoms with E-state index in [-0.39, 0.29) is 0 Å². The molecule has 1 N–H and O–H groups in total. The second kappa shape index (κ2) is 4.88. The number of nitrogens with zero attached hydrogens (tertiary/aromatic N) is 2. The summed E-state index contributed by atoms with van der Waals surface area (Å²) >= 11 is 3.60. The Kier molecular flexibility index (Phi) is 3.70. The molecule has 0 amide bonds. The van der Waals surface area contributed by atoms with Gasteiger partial charge in [-0.05, 0) is 47.2 Å². The minimum absolute atomic E-state index is 0.455. The van der Waals surface area contributed by atoms with Crippen LogP contribution in [0.1, 0.15) is 38.4 Å². The van der Waals surface area contributed by atoms with Crippen LogP contribution in [0.5, 0.6) is 0 Å². The van der Waals surface area contributed by atoms with Crippen molar-refractivity contribution in [3.05, 3.63) is 16.4 Å². The van der Waals surface area contributed by atoms with Crippen LogP contribution in [-0.2, 0) is 7.05 Å². The van der Waals surface area contributed by atoms with Crippen LogP contribution in [0.3, 0.4) is 0 Å². The van der Waals surface area contributed by atoms with E-state index < -0.39 is 0 Å². The third kappa shape index (κ3) is 2.33. The molecule has 0 saturated heterocycles. The SMILES string of the molecule is CCCNC(c1c(Br)cnn1C)C1CC1C. The lowest BCUT2D eigenvalue weighted by Gasteiger charge is -2.19. The number of rotatable bonds is 5. The summed E-state index contributed by atoms with van der Waals surface area (Å²) in [5.74, 6) is 1.62. The van der Waals surface area contributed by atoms with Crippen LogP contribution in [0.4, 0.5) is 0 Å². The maximum absolute atomic E-state index is 4.31. The lowest BCUT2D eigenvalue weighted by molar-refractivity contribution is 0.434. The zero-order valence-electron chi connectivity index (χ0n) is 10.2. The Labute approximate surface area is 106 Å². The van der Waals surface area contributed by atoms with Gasteiger partial charge in [-0.1, -0.05) is 13.8 Å². The second-order valence-electron chi connectivity index (χ2n) is 4.81. The van der Waals surface area contributed by atoms with E-state index in [0.717, 1.165) is 22.9 Å². The summed E-state index contributed by atoms with van der Waals surface area (Å²) in [6.07, 6.45) is 4.40. The number of nitrogens with one attached hydrogen (secondary N) is 1. The molecule has 1 aliphatic carbocycles. The van der Waals surface area contributed by atoms with E-state index in [1.54, 1.807) is 0 Å². The molecule has 0 radical (unpaired) electrons. The average molecular weight is 286 g/mol. The summed E-state index contributed by atoms with van der Waals surface area (Å²) in [5.41, 5.74) is 1.29. The first-order valence-corrected chi connectivity index (χ1v) is 6.85. The molecule has 1 heterocycles. The molecule has 0 spiro atoms. The van der Waals surface area contributed by atoms with E-state index in [0.29, 0.717) is 6.04 Å². The zero-order valence-corrected chi connectivity index (χ0v) is 11.8. The number of aromatic nitrogens is 2. The van der Waals surface area contributed by atoms with Gasteiger partial charge in [0.2, 0.25) is 0 Å². The van der Waals surface area contributed by atoms with Crippen molar-refractivity contribution in [2.75, 3.05) is 6.54 Å². The molecule has 1 aromatic rings. The highest BCUT2D eigenvalue weighted by atomic mass is 79.9. The number of aryl methyl sites for hydroxylation is 1. The molecule has 2 rings (SSSR count). The Hall–Kier alpha value is -0.350. The molecule has 3 nitrogen and oxygen atoms in total. The summed E-state index contributed by atoms with van der Waals surface area (Å²) in [7, 11) is 2.02. The van der Waals surface area contributed by atoms with E-state index in [2.05, 4.69) is 40.2 Å². The van der Waals surface area contributed by atoms with Crippen LogP contribution >= 0.6 is 15.9 Å². The van der Waals surface area contributed by atoms with Crippen LogP contribution in [-0.4, -0.2) is 16.3 Å². The summed E-state index contributed by atoms with van der Waals surface area (Å²) in [4.78, 5) is 0. The van der Waals surface area contributed by atoms with Crippen LogP contribution in [0.15, 0.2) is 10.7 Å². The molecule has 3 atom stereocenters. The second-order valence-corrected chi connectivity index (χ2v) is 5.66. The fourth-order valence-corrected chi connectivity index (χ4v) is 2.93. The Morgan fingerprint density at radius 3 is 2.81 bits per heavy atom. The van der Waals surface area contributed by atoms with Gasteiger partial charge >= 0.3 is 0 Å². The lowest BCUT2D eigenvalue weighted by atomic mass is 10.1. The van der Waals surface area contributed by atoms with Gasteiger partial charge in [0.05, 0.1) is 22.4 Å². The Bertz CT molecular complexity index is 342. The summed E-state index contributed by atoms with van der Waals surface area (Å²) in [6.45, 7) is 5.61. The minimum atomic E-state index is 0.455. The molecular weight excluding hydrogens is 266 g/mol. The standard InChI is InChI=1S/C12H20BrN3/c1-4-5-14-11(9-6-8(9)2)12-10(13)7-15-16(12)3/h7-9,11,14H,4-6H2,1-3H3. The van der Waals surface area contributed by atoms with Crippen molar-refractivity contribution in [1.82, 2.24) is 15.1 Å². The van der Waals surface area contributed by atoms with E-state index in [1.165, 1.54) is 18.5 Å². The average Bonchev–Trinajstić information content (AvgIpc) is 2.88. The lowest BCUT2D eigenvalue weighted by Crippen LogP contribution is -2.26. The van der Waals surface area contributed by atoms with Crippen molar-refractivity contribution < 1.29 is 0 Å². The molecular formula is C12H20BrN3. The van der Waals surface area contributed by atoms with Crippen molar-refractivity contribution in [3.8, 4) is 0 Å². The van der Waals surface area contributed by atoms with Crippen LogP contribution in [0.25, 0.3) is 0 Å². The Morgan fingerprint density at radius 2 is 2.38 bits per heavy atom. The highest BCUT2D eigenvalue weighted by Gasteiger charge is 2.41. The molecule has 3 unspecified atom stereocenters. The van der Waals surface area contributed by atoms with Crippen molar-refractivity contribution in [3.63, 3.8) is 0 Å². The first-order valence-electron chi connectivity index (χ1n) is 6.06. The fraction of sp³-hybridized carbons (Fsp3) is 0.750. The normalized spacial score (nSPS) is 25.8. The maximum atomic E-state index is 4.31. The Morgan fingerprint density at radius 1 is 1.69 bits per heavy atom. The predicted octanol–water partition coefficient (Wildman–Crippen LogP) is 2.88. The van der Waals surface area contributed by atoms with Crippen LogP contribution in [0, 0.1) is 11.8 Å². The van der Waals surface area contributed by atoms with Gasteiger partial charge in [0.15, 0.2) is 0 Å². The molecule has 1 aliphatic rings. The van der Waals surface area contributed by atoms with Crippen molar-refractivity contribution in [1.29, 1.82) is 0 Å². The third-order valence-corrected chi connectivity index (χ3v) is 4.06. The van der Waals surface area contributed by atoms with Crippen molar-refractivity contribution in [2.24, 2.45) is 18.9 Å². The quantitative estimate of drug-likeness (QED) is 0.902. The monoisotopic (exact) mass is 285 g/mol. The predicted molar refractivity (Wildman–Crippen MR) is 69.2 cm³/mol. The fourth-order valence-electron chi connectivity index (χ4n) is 2.34. The summed E-state index contributed by atoms with van der Waals surface area (Å²) < 4.78 is 3.12. The van der Waals surface area contributed by atoms with Crippen molar-refractivity contribution in [2.45, 2.75) is 32.7 Å². The number of hydrogen-bond donors (Lipinski definition) is 1. The molecule has 16 heavy (non-hydrogen) atoms. The molecule has 1 aromatic heterocycles. The largest absolute Gasteiger partial charge is 0.308 e. The maximum Gasteiger partial charge on any atom is 0.0695 e. The molecule has 0 bridgehead atoms. The van der Waals surface area contributed by atoms with E-state index in [1.807, 2.05) is 17.9 Å². The topological polar surface area (TPSA) is 29.9 Å². The van der Waals surface area contributed by atoms with Gasteiger partial charge in [-0.25, -0.2) is 0 Å². The van der Waals surface area contributed by atoms with Gasteiger partial charge in [0.25, 0.3) is 0 Å². The molecule has 0 aromatic carbocycles. The first kappa shape index (κ1) is 12.1. The number of hydrogen-bond acceptors (Lipinski definition) is 2. The molecule has 0 aliphatic heterocycles. The summed E-state index contributed by atoms with van der Waals surface area (Å²) in [5, 5.41) is 7.97. The van der Waals surface area contributed by atoms with Gasteiger partial charge in [0.1, 0.15) is 0 Å². The van der Waals surface area contributed by atoms with Gasteiger partial charge in [-0.3, -0.25) is 4.68 Å². The number of halogens is 1. The van der Waals surface area contributed by atoms with Crippen LogP contribution in [0.2, 0.25) is 0 Å². The summed E-state index contributed by atoms with van der Waals surface area (Å²) in [6, 6.07) is 0.455. The first-order chi connectivity index (χ1) is 7.65. The van der Waals surface area contributed by atoms with E-state index >= 15 is 0 Å². The van der Waals surface area contributed by atoms with E-state index in [9.17, 15) is 0 Å². The van der Waals surface area contributed by atoms with Crippen LogP contribution < -0.4 is 5.32 Å². The van der Waals surface area contributed by atoms with Crippen molar-refractivity contribution >= 4 is 15.9 Å². The zero-order chi connectivity index (χ0) is 11.7. The highest BCUT2D eigenvalue weighted by Crippen LogP contribution is 2.47. The highest BCUT2D eigenvalue weighted by molar-refractivity contribution is 9.10. The molecule has 1 saturated carbocycles. The van der Waals surface area contributed by atoms with Gasteiger partial charge < -0.3 is 5.32 Å².